The molecule has 2 rings (SSSR count). The van der Waals surface area contributed by atoms with Crippen molar-refractivity contribution in [2.75, 3.05) is 7.11 Å². The molecule has 0 saturated carbocycles. The van der Waals surface area contributed by atoms with Crippen molar-refractivity contribution in [1.29, 1.82) is 0 Å². The number of ether oxygens (including phenoxy) is 1. The largest absolute Gasteiger partial charge is 0.494 e. The molecule has 18 heavy (non-hydrogen) atoms. The van der Waals surface area contributed by atoms with Crippen LogP contribution in [0.5, 0.6) is 5.75 Å². The van der Waals surface area contributed by atoms with Crippen LogP contribution in [0.4, 0.5) is 4.39 Å². The molecule has 4 nitrogen and oxygen atoms in total. The first-order chi connectivity index (χ1) is 8.61. The van der Waals surface area contributed by atoms with Gasteiger partial charge in [-0.25, -0.2) is 14.2 Å². The van der Waals surface area contributed by atoms with Gasteiger partial charge in [0.2, 0.25) is 6.17 Å². The Morgan fingerprint density at radius 1 is 1.44 bits per heavy atom. The lowest BCUT2D eigenvalue weighted by atomic mass is 10.1. The van der Waals surface area contributed by atoms with Gasteiger partial charge in [-0.3, -0.25) is 0 Å². The van der Waals surface area contributed by atoms with Crippen LogP contribution in [0, 0.1) is 0 Å². The third-order valence-corrected chi connectivity index (χ3v) is 2.62. The van der Waals surface area contributed by atoms with Crippen LogP contribution in [0.2, 0.25) is 0 Å². The highest BCUT2D eigenvalue weighted by Crippen LogP contribution is 2.23. The summed E-state index contributed by atoms with van der Waals surface area (Å²) >= 11 is 0. The number of fused-ring (bicyclic) bond motifs is 1. The maximum absolute atomic E-state index is 13.1. The molecule has 0 aliphatic heterocycles. The molecule has 0 radical (unpaired) electrons. The molecule has 0 amide bonds. The molecular weight excluding hydrogens is 237 g/mol. The third kappa shape index (κ3) is 2.40. The number of halogens is 1. The molecule has 1 atom stereocenters. The third-order valence-electron chi connectivity index (χ3n) is 2.62. The number of para-hydroxylation sites is 1. The lowest BCUT2D eigenvalue weighted by molar-refractivity contribution is -0.142. The average molecular weight is 249 g/mol. The number of aliphatic carboxylic acids is 1. The zero-order valence-corrected chi connectivity index (χ0v) is 9.76. The Bertz CT molecular complexity index is 585. The predicted octanol–water partition coefficient (Wildman–Crippen LogP) is 2.21. The van der Waals surface area contributed by atoms with Crippen molar-refractivity contribution in [1.82, 2.24) is 4.98 Å². The minimum absolute atomic E-state index is 0.247. The second kappa shape index (κ2) is 5.00. The molecule has 1 heterocycles. The van der Waals surface area contributed by atoms with Crippen molar-refractivity contribution in [2.24, 2.45) is 0 Å². The molecule has 0 fully saturated rings. The molecule has 1 aromatic heterocycles. The van der Waals surface area contributed by atoms with Crippen LogP contribution < -0.4 is 4.74 Å². The number of benzene rings is 1. The Kier molecular flexibility index (Phi) is 3.41. The molecule has 5 heteroatoms. The van der Waals surface area contributed by atoms with E-state index in [0.29, 0.717) is 17.0 Å². The summed E-state index contributed by atoms with van der Waals surface area (Å²) in [5.74, 6) is -0.892. The van der Waals surface area contributed by atoms with E-state index in [9.17, 15) is 9.18 Å². The first kappa shape index (κ1) is 12.3. The maximum atomic E-state index is 13.1. The molecule has 0 aliphatic rings. The fourth-order valence-electron chi connectivity index (χ4n) is 1.71. The zero-order valence-electron chi connectivity index (χ0n) is 9.76. The number of carbonyl (C=O) groups is 1. The smallest absolute Gasteiger partial charge is 0.338 e. The number of hydrogen-bond donors (Lipinski definition) is 1. The van der Waals surface area contributed by atoms with Gasteiger partial charge in [0.05, 0.1) is 7.11 Å². The average Bonchev–Trinajstić information content (AvgIpc) is 2.37. The summed E-state index contributed by atoms with van der Waals surface area (Å²) in [7, 11) is 1.53. The molecule has 0 bridgehead atoms. The Hall–Kier alpha value is -2.17. The fraction of sp³-hybridized carbons (Fsp3) is 0.231. The summed E-state index contributed by atoms with van der Waals surface area (Å²) in [6.45, 7) is 0. The van der Waals surface area contributed by atoms with E-state index in [0.717, 1.165) is 5.39 Å². The van der Waals surface area contributed by atoms with Crippen molar-refractivity contribution in [3.8, 4) is 5.75 Å². The van der Waals surface area contributed by atoms with Gasteiger partial charge in [-0.05, 0) is 12.1 Å². The van der Waals surface area contributed by atoms with E-state index in [1.54, 1.807) is 18.2 Å². The normalized spacial score (nSPS) is 12.3. The zero-order chi connectivity index (χ0) is 13.1. The highest BCUT2D eigenvalue weighted by molar-refractivity contribution is 5.84. The maximum Gasteiger partial charge on any atom is 0.338 e. The number of hydrogen-bond acceptors (Lipinski definition) is 3. The molecule has 0 aliphatic carbocycles. The number of carboxylic acids is 1. The molecule has 94 valence electrons. The summed E-state index contributed by atoms with van der Waals surface area (Å²) in [4.78, 5) is 14.7. The van der Waals surface area contributed by atoms with Crippen molar-refractivity contribution < 1.29 is 19.0 Å². The van der Waals surface area contributed by atoms with Gasteiger partial charge in [-0.2, -0.15) is 0 Å². The highest BCUT2D eigenvalue weighted by Gasteiger charge is 2.17. The van der Waals surface area contributed by atoms with Gasteiger partial charge in [-0.15, -0.1) is 0 Å². The van der Waals surface area contributed by atoms with Gasteiger partial charge in [-0.1, -0.05) is 18.2 Å². The summed E-state index contributed by atoms with van der Waals surface area (Å²) in [6.07, 6.45) is -2.19. The van der Waals surface area contributed by atoms with Crippen LogP contribution in [0.25, 0.3) is 10.9 Å². The van der Waals surface area contributed by atoms with Gasteiger partial charge < -0.3 is 9.84 Å². The Labute approximate surface area is 103 Å². The molecule has 1 aromatic carbocycles. The van der Waals surface area contributed by atoms with Crippen molar-refractivity contribution in [2.45, 2.75) is 12.6 Å². The monoisotopic (exact) mass is 249 g/mol. The van der Waals surface area contributed by atoms with Gasteiger partial charge in [0.15, 0.2) is 0 Å². The lowest BCUT2D eigenvalue weighted by Crippen LogP contribution is -2.17. The first-order valence-corrected chi connectivity index (χ1v) is 5.41. The van der Waals surface area contributed by atoms with Gasteiger partial charge in [0.1, 0.15) is 11.3 Å². The highest BCUT2D eigenvalue weighted by atomic mass is 19.1. The number of alkyl halides is 1. The Morgan fingerprint density at radius 2 is 2.22 bits per heavy atom. The van der Waals surface area contributed by atoms with E-state index >= 15 is 0 Å². The number of methoxy groups -OCH3 is 1. The Morgan fingerprint density at radius 3 is 2.89 bits per heavy atom. The van der Waals surface area contributed by atoms with Crippen molar-refractivity contribution >= 4 is 16.9 Å². The molecule has 1 unspecified atom stereocenters. The van der Waals surface area contributed by atoms with E-state index in [-0.39, 0.29) is 6.42 Å². The number of rotatable bonds is 4. The van der Waals surface area contributed by atoms with E-state index < -0.39 is 12.1 Å². The number of carboxylic acid groups (broad SMARTS) is 1. The minimum atomic E-state index is -1.94. The molecular formula is C13H12FNO3. The second-order valence-electron chi connectivity index (χ2n) is 3.84. The number of aromatic nitrogens is 1. The SMILES string of the molecule is COc1cccc2ccc(CC(F)C(=O)O)nc12. The van der Waals surface area contributed by atoms with Crippen molar-refractivity contribution in [3.05, 3.63) is 36.0 Å². The molecule has 0 saturated heterocycles. The summed E-state index contributed by atoms with van der Waals surface area (Å²) < 4.78 is 18.3. The van der Waals surface area contributed by atoms with E-state index in [2.05, 4.69) is 4.98 Å². The van der Waals surface area contributed by atoms with Crippen LogP contribution in [-0.2, 0) is 11.2 Å². The summed E-state index contributed by atoms with van der Waals surface area (Å²) in [5.41, 5.74) is 0.997. The lowest BCUT2D eigenvalue weighted by Gasteiger charge is -2.07. The van der Waals surface area contributed by atoms with Gasteiger partial charge in [0.25, 0.3) is 0 Å². The van der Waals surface area contributed by atoms with E-state index in [1.165, 1.54) is 7.11 Å². The predicted molar refractivity (Wildman–Crippen MR) is 64.5 cm³/mol. The number of nitrogens with zero attached hydrogens (tertiary/aromatic N) is 1. The van der Waals surface area contributed by atoms with Crippen molar-refractivity contribution in [3.63, 3.8) is 0 Å². The second-order valence-corrected chi connectivity index (χ2v) is 3.84. The van der Waals surface area contributed by atoms with Gasteiger partial charge >= 0.3 is 5.97 Å². The van der Waals surface area contributed by atoms with E-state index in [1.807, 2.05) is 12.1 Å². The van der Waals surface area contributed by atoms with Crippen LogP contribution >= 0.6 is 0 Å². The van der Waals surface area contributed by atoms with Crippen LogP contribution in [-0.4, -0.2) is 29.3 Å². The summed E-state index contributed by atoms with van der Waals surface area (Å²) in [6, 6.07) is 8.84. The topological polar surface area (TPSA) is 59.4 Å². The van der Waals surface area contributed by atoms with Crippen LogP contribution in [0.1, 0.15) is 5.69 Å². The first-order valence-electron chi connectivity index (χ1n) is 5.41. The quantitative estimate of drug-likeness (QED) is 0.902. The minimum Gasteiger partial charge on any atom is -0.494 e. The van der Waals surface area contributed by atoms with Gasteiger partial charge in [0, 0.05) is 17.5 Å². The molecule has 2 aromatic rings. The standard InChI is InChI=1S/C13H12FNO3/c1-18-11-4-2-3-8-5-6-9(15-12(8)11)7-10(14)13(16)17/h2-6,10H,7H2,1H3,(H,16,17). The Balaban J connectivity index is 2.40. The molecule has 1 N–H and O–H groups in total. The van der Waals surface area contributed by atoms with E-state index in [4.69, 9.17) is 9.84 Å². The fourth-order valence-corrected chi connectivity index (χ4v) is 1.71. The van der Waals surface area contributed by atoms with Crippen LogP contribution in [0.3, 0.4) is 0 Å². The summed E-state index contributed by atoms with van der Waals surface area (Å²) in [5, 5.41) is 9.39. The number of pyridine rings is 1. The molecule has 0 spiro atoms. The van der Waals surface area contributed by atoms with Crippen LogP contribution in [0.15, 0.2) is 30.3 Å².